The molecule has 3 heterocycles. The van der Waals surface area contributed by atoms with Crippen molar-refractivity contribution in [2.45, 2.75) is 33.4 Å². The van der Waals surface area contributed by atoms with Crippen LogP contribution in [0.2, 0.25) is 0 Å². The molecule has 0 radical (unpaired) electrons. The second-order valence-corrected chi connectivity index (χ2v) is 7.49. The number of nitrogens with zero attached hydrogens (tertiary/aromatic N) is 4. The highest BCUT2D eigenvalue weighted by molar-refractivity contribution is 6.00. The molecule has 0 atom stereocenters. The second-order valence-electron chi connectivity index (χ2n) is 7.49. The Morgan fingerprint density at radius 3 is 2.48 bits per heavy atom. The fourth-order valence-electron chi connectivity index (χ4n) is 3.55. The third-order valence-electron chi connectivity index (χ3n) is 5.21. The Bertz CT molecular complexity index is 1120. The van der Waals surface area contributed by atoms with Crippen LogP contribution in [0, 0.1) is 0 Å². The lowest BCUT2D eigenvalue weighted by Crippen LogP contribution is -2.30. The first-order chi connectivity index (χ1) is 14.1. The molecule has 0 fully saturated rings. The highest BCUT2D eigenvalue weighted by atomic mass is 16.2. The van der Waals surface area contributed by atoms with Gasteiger partial charge in [-0.3, -0.25) is 9.20 Å². The molecule has 0 bridgehead atoms. The first kappa shape index (κ1) is 19.0. The molecule has 0 N–H and O–H groups in total. The third-order valence-corrected chi connectivity index (χ3v) is 5.21. The van der Waals surface area contributed by atoms with Gasteiger partial charge in [-0.1, -0.05) is 36.4 Å². The van der Waals surface area contributed by atoms with Crippen molar-refractivity contribution in [1.29, 1.82) is 0 Å². The normalized spacial score (nSPS) is 11.3. The molecule has 1 aromatic carbocycles. The van der Waals surface area contributed by atoms with Crippen molar-refractivity contribution in [1.82, 2.24) is 18.9 Å². The monoisotopic (exact) mass is 386 g/mol. The van der Waals surface area contributed by atoms with E-state index in [4.69, 9.17) is 4.98 Å². The van der Waals surface area contributed by atoms with Crippen molar-refractivity contribution in [3.8, 4) is 11.4 Å². The van der Waals surface area contributed by atoms with Crippen molar-refractivity contribution in [3.63, 3.8) is 0 Å². The largest absolute Gasteiger partial charge is 0.351 e. The molecule has 4 aromatic rings. The molecule has 29 heavy (non-hydrogen) atoms. The predicted octanol–water partition coefficient (Wildman–Crippen LogP) is 5.05. The average molecular weight is 386 g/mol. The summed E-state index contributed by atoms with van der Waals surface area (Å²) < 4.78 is 4.15. The van der Waals surface area contributed by atoms with Crippen LogP contribution >= 0.6 is 0 Å². The van der Waals surface area contributed by atoms with Gasteiger partial charge in [0.15, 0.2) is 5.69 Å². The van der Waals surface area contributed by atoms with E-state index in [1.807, 2.05) is 71.0 Å². The smallest absolute Gasteiger partial charge is 0.275 e. The Balaban J connectivity index is 1.74. The predicted molar refractivity (Wildman–Crippen MR) is 116 cm³/mol. The lowest BCUT2D eigenvalue weighted by molar-refractivity contribution is 0.0749. The van der Waals surface area contributed by atoms with E-state index in [1.165, 1.54) is 0 Å². The average Bonchev–Trinajstić information content (AvgIpc) is 3.37. The van der Waals surface area contributed by atoms with E-state index < -0.39 is 0 Å². The Morgan fingerprint density at radius 2 is 1.79 bits per heavy atom. The zero-order chi connectivity index (χ0) is 20.4. The van der Waals surface area contributed by atoms with Crippen LogP contribution in [0.15, 0.2) is 73.2 Å². The van der Waals surface area contributed by atoms with Crippen LogP contribution in [0.3, 0.4) is 0 Å². The van der Waals surface area contributed by atoms with E-state index in [-0.39, 0.29) is 5.91 Å². The maximum absolute atomic E-state index is 13.4. The SMILES string of the molecule is CCN(Cc1ccccc1)C(=O)c1nc(-c2ccn(C(C)C)c2)n2ccccc12. The molecule has 0 spiro atoms. The fourth-order valence-corrected chi connectivity index (χ4v) is 3.55. The molecule has 3 aromatic heterocycles. The van der Waals surface area contributed by atoms with Gasteiger partial charge in [-0.05, 0) is 44.5 Å². The van der Waals surface area contributed by atoms with Gasteiger partial charge in [-0.2, -0.15) is 0 Å². The quantitative estimate of drug-likeness (QED) is 0.466. The number of amides is 1. The van der Waals surface area contributed by atoms with Gasteiger partial charge < -0.3 is 9.47 Å². The zero-order valence-electron chi connectivity index (χ0n) is 17.1. The first-order valence-corrected chi connectivity index (χ1v) is 10.1. The summed E-state index contributed by atoms with van der Waals surface area (Å²) >= 11 is 0. The van der Waals surface area contributed by atoms with E-state index in [0.29, 0.717) is 24.8 Å². The maximum Gasteiger partial charge on any atom is 0.275 e. The number of hydrogen-bond acceptors (Lipinski definition) is 2. The summed E-state index contributed by atoms with van der Waals surface area (Å²) in [5.41, 5.74) is 3.44. The van der Waals surface area contributed by atoms with Crippen LogP contribution in [0.5, 0.6) is 0 Å². The van der Waals surface area contributed by atoms with Crippen LogP contribution in [-0.4, -0.2) is 31.3 Å². The summed E-state index contributed by atoms with van der Waals surface area (Å²) in [5.74, 6) is 0.744. The van der Waals surface area contributed by atoms with Gasteiger partial charge in [0, 0.05) is 43.3 Å². The number of aromatic nitrogens is 3. The van der Waals surface area contributed by atoms with Crippen LogP contribution < -0.4 is 0 Å². The number of fused-ring (bicyclic) bond motifs is 1. The Morgan fingerprint density at radius 1 is 1.03 bits per heavy atom. The zero-order valence-corrected chi connectivity index (χ0v) is 17.1. The van der Waals surface area contributed by atoms with Crippen molar-refractivity contribution in [2.75, 3.05) is 6.54 Å². The van der Waals surface area contributed by atoms with E-state index in [1.54, 1.807) is 0 Å². The Hall–Kier alpha value is -3.34. The highest BCUT2D eigenvalue weighted by Crippen LogP contribution is 2.25. The molecule has 4 rings (SSSR count). The van der Waals surface area contributed by atoms with Crippen molar-refractivity contribution >= 4 is 11.4 Å². The summed E-state index contributed by atoms with van der Waals surface area (Å²) in [6.07, 6.45) is 6.11. The number of rotatable bonds is 6. The number of carbonyl (C=O) groups is 1. The minimum absolute atomic E-state index is 0.0467. The van der Waals surface area contributed by atoms with Crippen LogP contribution in [-0.2, 0) is 6.54 Å². The molecule has 148 valence electrons. The molecule has 0 aliphatic carbocycles. The number of benzene rings is 1. The van der Waals surface area contributed by atoms with Crippen molar-refractivity contribution in [2.24, 2.45) is 0 Å². The molecule has 0 aliphatic rings. The molecule has 1 amide bonds. The second kappa shape index (κ2) is 7.95. The molecule has 5 heteroatoms. The van der Waals surface area contributed by atoms with Crippen LogP contribution in [0.4, 0.5) is 0 Å². The Labute approximate surface area is 171 Å². The fraction of sp³-hybridized carbons (Fsp3) is 0.250. The number of hydrogen-bond donors (Lipinski definition) is 0. The topological polar surface area (TPSA) is 42.5 Å². The van der Waals surface area contributed by atoms with E-state index in [9.17, 15) is 4.79 Å². The van der Waals surface area contributed by atoms with Gasteiger partial charge in [0.05, 0.1) is 5.52 Å². The third kappa shape index (κ3) is 3.68. The van der Waals surface area contributed by atoms with Crippen molar-refractivity contribution < 1.29 is 4.79 Å². The first-order valence-electron chi connectivity index (χ1n) is 10.1. The summed E-state index contributed by atoms with van der Waals surface area (Å²) in [7, 11) is 0. The van der Waals surface area contributed by atoms with Crippen LogP contribution in [0.25, 0.3) is 16.9 Å². The molecule has 5 nitrogen and oxygen atoms in total. The molecular formula is C24H26N4O. The maximum atomic E-state index is 13.4. The standard InChI is InChI=1S/C24H26N4O/c1-4-26(16-19-10-6-5-7-11-19)24(29)22-21-12-8-9-14-28(21)23(25-22)20-13-15-27(17-20)18(2)3/h5-15,17-18H,4,16H2,1-3H3. The summed E-state index contributed by atoms with van der Waals surface area (Å²) in [6.45, 7) is 7.48. The van der Waals surface area contributed by atoms with Gasteiger partial charge in [0.1, 0.15) is 5.82 Å². The lowest BCUT2D eigenvalue weighted by atomic mass is 10.2. The van der Waals surface area contributed by atoms with E-state index >= 15 is 0 Å². The number of imidazole rings is 1. The highest BCUT2D eigenvalue weighted by Gasteiger charge is 2.23. The van der Waals surface area contributed by atoms with Gasteiger partial charge >= 0.3 is 0 Å². The van der Waals surface area contributed by atoms with E-state index in [0.717, 1.165) is 22.5 Å². The van der Waals surface area contributed by atoms with Crippen molar-refractivity contribution in [3.05, 3.63) is 84.4 Å². The molecule has 0 aliphatic heterocycles. The lowest BCUT2D eigenvalue weighted by Gasteiger charge is -2.20. The van der Waals surface area contributed by atoms with Gasteiger partial charge in [0.25, 0.3) is 5.91 Å². The van der Waals surface area contributed by atoms with Gasteiger partial charge in [-0.25, -0.2) is 4.98 Å². The minimum Gasteiger partial charge on any atom is -0.351 e. The number of carbonyl (C=O) groups excluding carboxylic acids is 1. The summed E-state index contributed by atoms with van der Waals surface area (Å²) in [5, 5.41) is 0. The summed E-state index contributed by atoms with van der Waals surface area (Å²) in [6, 6.07) is 18.4. The number of pyridine rings is 1. The Kier molecular flexibility index (Phi) is 5.21. The van der Waals surface area contributed by atoms with E-state index in [2.05, 4.69) is 36.9 Å². The molecular weight excluding hydrogens is 360 g/mol. The molecule has 0 saturated heterocycles. The van der Waals surface area contributed by atoms with Gasteiger partial charge in [0.2, 0.25) is 0 Å². The van der Waals surface area contributed by atoms with Crippen LogP contribution in [0.1, 0.15) is 42.9 Å². The minimum atomic E-state index is -0.0467. The van der Waals surface area contributed by atoms with Gasteiger partial charge in [-0.15, -0.1) is 0 Å². The molecule has 0 saturated carbocycles. The molecule has 0 unspecified atom stereocenters. The summed E-state index contributed by atoms with van der Waals surface area (Å²) in [4.78, 5) is 20.0.